The number of likely N-dealkylation sites (tertiary alicyclic amines) is 1. The lowest BCUT2D eigenvalue weighted by Crippen LogP contribution is -3.13. The highest BCUT2D eigenvalue weighted by atomic mass is 32.2. The first-order valence-electron chi connectivity index (χ1n) is 6.13. The molecule has 1 heterocycles. The highest BCUT2D eigenvalue weighted by Crippen LogP contribution is 2.07. The smallest absolute Gasteiger partial charge is 0.0916 e. The van der Waals surface area contributed by atoms with E-state index >= 15 is 0 Å². The molecule has 1 saturated heterocycles. The Hall–Kier alpha value is -0.130. The molecule has 1 aliphatic heterocycles. The van der Waals surface area contributed by atoms with E-state index < -0.39 is 10.1 Å². The summed E-state index contributed by atoms with van der Waals surface area (Å²) in [5.74, 6) is 0. The fraction of sp³-hybridized carbons (Fsp3) is 1.00. The minimum Gasteiger partial charge on any atom is -0.748 e. The van der Waals surface area contributed by atoms with Gasteiger partial charge in [-0.05, 0) is 19.8 Å². The molecule has 0 spiro atoms. The van der Waals surface area contributed by atoms with E-state index in [9.17, 15) is 0 Å². The number of quaternary nitrogens is 1. The van der Waals surface area contributed by atoms with Gasteiger partial charge in [-0.15, -0.1) is 0 Å². The summed E-state index contributed by atoms with van der Waals surface area (Å²) in [7, 11) is -3.92. The monoisotopic (exact) mass is 251 g/mol. The predicted octanol–water partition coefficient (Wildman–Crippen LogP) is 0.405. The quantitative estimate of drug-likeness (QED) is 0.736. The Morgan fingerprint density at radius 3 is 2.38 bits per heavy atom. The summed E-state index contributed by atoms with van der Waals surface area (Å²) in [5, 5.41) is 0. The van der Waals surface area contributed by atoms with E-state index in [2.05, 4.69) is 13.8 Å². The molecule has 0 radical (unpaired) electrons. The Labute approximate surface area is 99.8 Å². The van der Waals surface area contributed by atoms with Crippen molar-refractivity contribution >= 4 is 10.1 Å². The second-order valence-corrected chi connectivity index (χ2v) is 5.86. The fourth-order valence-corrected chi connectivity index (χ4v) is 2.25. The van der Waals surface area contributed by atoms with E-state index in [4.69, 9.17) is 13.0 Å². The van der Waals surface area contributed by atoms with Crippen molar-refractivity contribution in [3.8, 4) is 0 Å². The zero-order chi connectivity index (χ0) is 12.6. The largest absolute Gasteiger partial charge is 0.748 e. The summed E-state index contributed by atoms with van der Waals surface area (Å²) in [6, 6.07) is 1.01. The molecule has 2 unspecified atom stereocenters. The molecule has 1 rings (SSSR count). The van der Waals surface area contributed by atoms with E-state index in [0.29, 0.717) is 6.26 Å². The number of unbranched alkanes of at least 4 members (excludes halogenated alkanes) is 1. The van der Waals surface area contributed by atoms with Crippen LogP contribution in [-0.2, 0) is 10.1 Å². The predicted molar refractivity (Wildman–Crippen MR) is 64.5 cm³/mol. The van der Waals surface area contributed by atoms with Crippen LogP contribution in [0.25, 0.3) is 0 Å². The maximum Gasteiger partial charge on any atom is 0.0916 e. The van der Waals surface area contributed by atoms with E-state index in [-0.39, 0.29) is 0 Å². The van der Waals surface area contributed by atoms with Crippen LogP contribution in [-0.4, -0.2) is 38.4 Å². The van der Waals surface area contributed by atoms with Gasteiger partial charge in [0.05, 0.1) is 29.2 Å². The van der Waals surface area contributed by atoms with Gasteiger partial charge in [0, 0.05) is 19.1 Å². The van der Waals surface area contributed by atoms with E-state index in [1.165, 1.54) is 45.2 Å². The summed E-state index contributed by atoms with van der Waals surface area (Å²) in [4.78, 5) is 1.86. The molecule has 0 saturated carbocycles. The molecule has 2 atom stereocenters. The number of hydrogen-bond donors (Lipinski definition) is 1. The topological polar surface area (TPSA) is 61.6 Å². The van der Waals surface area contributed by atoms with Crippen LogP contribution in [0.2, 0.25) is 0 Å². The molecular formula is C11H25NO3S. The highest BCUT2D eigenvalue weighted by Gasteiger charge is 2.25. The molecule has 5 heteroatoms. The van der Waals surface area contributed by atoms with Gasteiger partial charge in [-0.3, -0.25) is 0 Å². The minimum absolute atomic E-state index is 0.604. The van der Waals surface area contributed by atoms with Gasteiger partial charge >= 0.3 is 0 Å². The standard InChI is InChI=1S/C10H21N.CH4O3S/c1-3-5-7-10-8-6-9-11(10)4-2;1-5(2,3)4/h10H,3-9H2,1-2H3;1H3,(H,2,3,4). The second kappa shape index (κ2) is 8.03. The van der Waals surface area contributed by atoms with Crippen molar-refractivity contribution in [2.24, 2.45) is 0 Å². The van der Waals surface area contributed by atoms with Gasteiger partial charge in [0.15, 0.2) is 0 Å². The molecule has 0 aromatic carbocycles. The first kappa shape index (κ1) is 15.9. The van der Waals surface area contributed by atoms with Crippen molar-refractivity contribution in [1.29, 1.82) is 0 Å². The Balaban J connectivity index is 0.000000385. The van der Waals surface area contributed by atoms with Crippen LogP contribution in [0, 0.1) is 0 Å². The third kappa shape index (κ3) is 9.12. The van der Waals surface area contributed by atoms with Crippen molar-refractivity contribution in [2.75, 3.05) is 19.3 Å². The molecular weight excluding hydrogens is 226 g/mol. The van der Waals surface area contributed by atoms with Gasteiger partial charge < -0.3 is 9.45 Å². The number of hydrogen-bond acceptors (Lipinski definition) is 3. The zero-order valence-electron chi connectivity index (χ0n) is 10.7. The SMILES string of the molecule is CCCCC1CCC[NH+]1CC.CS(=O)(=O)[O-]. The Bertz CT molecular complexity index is 256. The van der Waals surface area contributed by atoms with E-state index in [1.807, 2.05) is 4.90 Å². The molecule has 0 aliphatic carbocycles. The van der Waals surface area contributed by atoms with Gasteiger partial charge in [0.2, 0.25) is 0 Å². The minimum atomic E-state index is -3.92. The Kier molecular flexibility index (Phi) is 7.97. The van der Waals surface area contributed by atoms with Gasteiger partial charge in [-0.25, -0.2) is 8.42 Å². The third-order valence-corrected chi connectivity index (χ3v) is 2.99. The lowest BCUT2D eigenvalue weighted by molar-refractivity contribution is -0.910. The van der Waals surface area contributed by atoms with Gasteiger partial charge in [-0.2, -0.15) is 0 Å². The maximum atomic E-state index is 9.08. The van der Waals surface area contributed by atoms with Gasteiger partial charge in [0.25, 0.3) is 0 Å². The molecule has 0 aromatic heterocycles. The van der Waals surface area contributed by atoms with Crippen LogP contribution < -0.4 is 4.90 Å². The summed E-state index contributed by atoms with van der Waals surface area (Å²) < 4.78 is 27.2. The van der Waals surface area contributed by atoms with Crippen LogP contribution in [0.1, 0.15) is 46.0 Å². The third-order valence-electron chi connectivity index (χ3n) is 2.99. The van der Waals surface area contributed by atoms with Crippen LogP contribution in [0.3, 0.4) is 0 Å². The second-order valence-electron chi connectivity index (χ2n) is 4.45. The molecule has 16 heavy (non-hydrogen) atoms. The maximum absolute atomic E-state index is 9.08. The number of rotatable bonds is 4. The normalized spacial score (nSPS) is 25.0. The summed E-state index contributed by atoms with van der Waals surface area (Å²) >= 11 is 0. The van der Waals surface area contributed by atoms with Crippen molar-refractivity contribution in [3.63, 3.8) is 0 Å². The van der Waals surface area contributed by atoms with Gasteiger partial charge in [0.1, 0.15) is 0 Å². The Morgan fingerprint density at radius 2 is 1.94 bits per heavy atom. The zero-order valence-corrected chi connectivity index (χ0v) is 11.5. The fourth-order valence-electron chi connectivity index (χ4n) is 2.25. The average molecular weight is 251 g/mol. The summed E-state index contributed by atoms with van der Waals surface area (Å²) in [6.07, 6.45) is 7.84. The van der Waals surface area contributed by atoms with Crippen LogP contribution in [0.4, 0.5) is 0 Å². The van der Waals surface area contributed by atoms with Crippen molar-refractivity contribution in [2.45, 2.75) is 52.0 Å². The Morgan fingerprint density at radius 1 is 1.38 bits per heavy atom. The van der Waals surface area contributed by atoms with Crippen LogP contribution >= 0.6 is 0 Å². The van der Waals surface area contributed by atoms with E-state index in [0.717, 1.165) is 6.04 Å². The molecule has 1 fully saturated rings. The molecule has 0 aromatic rings. The first-order valence-corrected chi connectivity index (χ1v) is 7.95. The molecule has 1 N–H and O–H groups in total. The lowest BCUT2D eigenvalue weighted by atomic mass is 10.1. The molecule has 98 valence electrons. The van der Waals surface area contributed by atoms with Crippen LogP contribution in [0.5, 0.6) is 0 Å². The van der Waals surface area contributed by atoms with Crippen molar-refractivity contribution in [1.82, 2.24) is 0 Å². The summed E-state index contributed by atoms with van der Waals surface area (Å²) in [5.41, 5.74) is 0. The van der Waals surface area contributed by atoms with Crippen molar-refractivity contribution < 1.29 is 17.9 Å². The number of nitrogens with one attached hydrogen (secondary N) is 1. The molecule has 4 nitrogen and oxygen atoms in total. The average Bonchev–Trinajstić information content (AvgIpc) is 2.59. The van der Waals surface area contributed by atoms with Crippen LogP contribution in [0.15, 0.2) is 0 Å². The highest BCUT2D eigenvalue weighted by molar-refractivity contribution is 7.84. The summed E-state index contributed by atoms with van der Waals surface area (Å²) in [6.45, 7) is 7.39. The van der Waals surface area contributed by atoms with Gasteiger partial charge in [-0.1, -0.05) is 13.3 Å². The van der Waals surface area contributed by atoms with Crippen molar-refractivity contribution in [3.05, 3.63) is 0 Å². The molecule has 0 bridgehead atoms. The molecule has 1 aliphatic rings. The first-order chi connectivity index (χ1) is 7.38. The van der Waals surface area contributed by atoms with E-state index in [1.54, 1.807) is 0 Å². The molecule has 0 amide bonds. The lowest BCUT2D eigenvalue weighted by Gasteiger charge is -2.19.